The highest BCUT2D eigenvalue weighted by Crippen LogP contribution is 2.27. The minimum atomic E-state index is -0.895. The van der Waals surface area contributed by atoms with Gasteiger partial charge in [-0.1, -0.05) is 35.0 Å². The van der Waals surface area contributed by atoms with Gasteiger partial charge in [-0.15, -0.1) is 0 Å². The van der Waals surface area contributed by atoms with Crippen molar-refractivity contribution in [2.75, 3.05) is 19.0 Å². The number of hydrogen-bond donors (Lipinski definition) is 1. The predicted octanol–water partition coefficient (Wildman–Crippen LogP) is 3.36. The number of esters is 1. The molecule has 0 aliphatic carbocycles. The minimum absolute atomic E-state index is 0.00370. The standard InChI is InChI=1S/C20H17N3O7/c1-12-3-5-13(6-4-12)15-10-19(30-22-15)21-18(24)11-29-20(25)14-7-8-17(28-2)16(9-14)23(26)27/h3-10H,11H2,1-2H3,(H,21,24). The Balaban J connectivity index is 1.58. The van der Waals surface area contributed by atoms with Gasteiger partial charge in [-0.05, 0) is 19.1 Å². The zero-order valence-electron chi connectivity index (χ0n) is 16.1. The SMILES string of the molecule is COc1ccc(C(=O)OCC(=O)Nc2cc(-c3ccc(C)cc3)no2)cc1[N+](=O)[O-]. The van der Waals surface area contributed by atoms with Crippen molar-refractivity contribution < 1.29 is 28.5 Å². The molecule has 0 aliphatic heterocycles. The van der Waals surface area contributed by atoms with Gasteiger partial charge in [0.25, 0.3) is 5.91 Å². The van der Waals surface area contributed by atoms with Gasteiger partial charge >= 0.3 is 11.7 Å². The maximum Gasteiger partial charge on any atom is 0.338 e. The average molecular weight is 411 g/mol. The van der Waals surface area contributed by atoms with Gasteiger partial charge in [-0.2, -0.15) is 0 Å². The van der Waals surface area contributed by atoms with Crippen molar-refractivity contribution in [3.05, 3.63) is 69.8 Å². The molecule has 30 heavy (non-hydrogen) atoms. The summed E-state index contributed by atoms with van der Waals surface area (Å²) in [6, 6.07) is 12.7. The van der Waals surface area contributed by atoms with E-state index in [1.54, 1.807) is 0 Å². The molecule has 0 saturated heterocycles. The normalized spacial score (nSPS) is 10.3. The summed E-state index contributed by atoms with van der Waals surface area (Å²) in [5.74, 6) is -1.46. The van der Waals surface area contributed by atoms with Crippen LogP contribution in [-0.2, 0) is 9.53 Å². The fraction of sp³-hybridized carbons (Fsp3) is 0.150. The van der Waals surface area contributed by atoms with Crippen LogP contribution in [0.3, 0.4) is 0 Å². The second kappa shape index (κ2) is 8.86. The Bertz CT molecular complexity index is 1090. The lowest BCUT2D eigenvalue weighted by molar-refractivity contribution is -0.385. The number of aromatic nitrogens is 1. The molecule has 154 valence electrons. The molecule has 1 N–H and O–H groups in total. The summed E-state index contributed by atoms with van der Waals surface area (Å²) in [6.45, 7) is 1.35. The number of rotatable bonds is 7. The number of nitrogens with one attached hydrogen (secondary N) is 1. The molecule has 0 spiro atoms. The number of nitrogens with zero attached hydrogens (tertiary/aromatic N) is 2. The molecule has 10 heteroatoms. The summed E-state index contributed by atoms with van der Waals surface area (Å²) in [4.78, 5) is 34.5. The van der Waals surface area contributed by atoms with E-state index < -0.39 is 23.4 Å². The van der Waals surface area contributed by atoms with Crippen LogP contribution in [0.2, 0.25) is 0 Å². The van der Waals surface area contributed by atoms with E-state index in [9.17, 15) is 19.7 Å². The fourth-order valence-corrected chi connectivity index (χ4v) is 2.54. The van der Waals surface area contributed by atoms with Crippen molar-refractivity contribution in [1.29, 1.82) is 0 Å². The Labute approximate surface area is 170 Å². The first-order chi connectivity index (χ1) is 14.4. The topological polar surface area (TPSA) is 134 Å². The lowest BCUT2D eigenvalue weighted by Gasteiger charge is -2.06. The molecule has 0 atom stereocenters. The van der Waals surface area contributed by atoms with E-state index in [0.717, 1.165) is 17.2 Å². The second-order valence-corrected chi connectivity index (χ2v) is 6.21. The Hall–Kier alpha value is -4.21. The van der Waals surface area contributed by atoms with Crippen LogP contribution in [0.25, 0.3) is 11.3 Å². The third-order valence-electron chi connectivity index (χ3n) is 4.07. The van der Waals surface area contributed by atoms with Gasteiger partial charge in [0, 0.05) is 17.7 Å². The molecule has 0 unspecified atom stereocenters. The predicted molar refractivity (Wildman–Crippen MR) is 105 cm³/mol. The first kappa shape index (κ1) is 20.5. The maximum absolute atomic E-state index is 12.1. The summed E-state index contributed by atoms with van der Waals surface area (Å²) in [7, 11) is 1.28. The number of ether oxygens (including phenoxy) is 2. The van der Waals surface area contributed by atoms with Crippen LogP contribution in [0.4, 0.5) is 11.6 Å². The molecule has 0 aliphatic rings. The van der Waals surface area contributed by atoms with Crippen LogP contribution >= 0.6 is 0 Å². The highest BCUT2D eigenvalue weighted by atomic mass is 16.6. The Morgan fingerprint density at radius 2 is 1.90 bits per heavy atom. The first-order valence-electron chi connectivity index (χ1n) is 8.70. The number of methoxy groups -OCH3 is 1. The third-order valence-corrected chi connectivity index (χ3v) is 4.07. The second-order valence-electron chi connectivity index (χ2n) is 6.21. The molecule has 0 bridgehead atoms. The fourth-order valence-electron chi connectivity index (χ4n) is 2.54. The van der Waals surface area contributed by atoms with E-state index >= 15 is 0 Å². The smallest absolute Gasteiger partial charge is 0.338 e. The van der Waals surface area contributed by atoms with Crippen LogP contribution in [0.15, 0.2) is 53.1 Å². The van der Waals surface area contributed by atoms with Gasteiger partial charge in [0.05, 0.1) is 17.6 Å². The number of nitro benzene ring substituents is 1. The molecule has 0 fully saturated rings. The summed E-state index contributed by atoms with van der Waals surface area (Å²) in [5.41, 5.74) is 1.98. The number of nitro groups is 1. The number of carbonyl (C=O) groups excluding carboxylic acids is 2. The van der Waals surface area contributed by atoms with E-state index in [0.29, 0.717) is 5.69 Å². The highest BCUT2D eigenvalue weighted by molar-refractivity contribution is 5.95. The zero-order valence-corrected chi connectivity index (χ0v) is 16.1. The monoisotopic (exact) mass is 411 g/mol. The van der Waals surface area contributed by atoms with Crippen molar-refractivity contribution in [1.82, 2.24) is 5.16 Å². The number of hydrogen-bond acceptors (Lipinski definition) is 8. The maximum atomic E-state index is 12.1. The quantitative estimate of drug-likeness (QED) is 0.355. The van der Waals surface area contributed by atoms with Crippen molar-refractivity contribution in [2.45, 2.75) is 6.92 Å². The van der Waals surface area contributed by atoms with Gasteiger partial charge in [-0.3, -0.25) is 20.2 Å². The Morgan fingerprint density at radius 3 is 2.57 bits per heavy atom. The number of benzene rings is 2. The van der Waals surface area contributed by atoms with Gasteiger partial charge in [0.1, 0.15) is 5.69 Å². The average Bonchev–Trinajstić information content (AvgIpc) is 3.20. The minimum Gasteiger partial charge on any atom is -0.490 e. The van der Waals surface area contributed by atoms with Crippen molar-refractivity contribution in [3.63, 3.8) is 0 Å². The Kier molecular flexibility index (Phi) is 6.06. The molecule has 1 heterocycles. The molecule has 3 aromatic rings. The highest BCUT2D eigenvalue weighted by Gasteiger charge is 2.20. The van der Waals surface area contributed by atoms with Gasteiger partial charge in [0.2, 0.25) is 5.88 Å². The van der Waals surface area contributed by atoms with E-state index in [1.807, 2.05) is 31.2 Å². The molecule has 1 aromatic heterocycles. The third kappa shape index (κ3) is 4.79. The van der Waals surface area contributed by atoms with Crippen LogP contribution in [0.1, 0.15) is 15.9 Å². The molecular weight excluding hydrogens is 394 g/mol. The number of carbonyl (C=O) groups is 2. The molecule has 2 aromatic carbocycles. The van der Waals surface area contributed by atoms with Crippen LogP contribution in [-0.4, -0.2) is 35.7 Å². The van der Waals surface area contributed by atoms with Crippen LogP contribution in [0, 0.1) is 17.0 Å². The van der Waals surface area contributed by atoms with E-state index in [2.05, 4.69) is 10.5 Å². The summed E-state index contributed by atoms with van der Waals surface area (Å²) >= 11 is 0. The van der Waals surface area contributed by atoms with Crippen LogP contribution < -0.4 is 10.1 Å². The lowest BCUT2D eigenvalue weighted by Crippen LogP contribution is -2.20. The summed E-state index contributed by atoms with van der Waals surface area (Å²) in [5, 5.41) is 17.3. The van der Waals surface area contributed by atoms with Crippen molar-refractivity contribution in [2.24, 2.45) is 0 Å². The van der Waals surface area contributed by atoms with E-state index in [-0.39, 0.29) is 22.9 Å². The molecular formula is C20H17N3O7. The molecule has 0 saturated carbocycles. The van der Waals surface area contributed by atoms with E-state index in [1.165, 1.54) is 25.3 Å². The van der Waals surface area contributed by atoms with Gasteiger partial charge in [-0.25, -0.2) is 4.79 Å². The number of anilines is 1. The summed E-state index contributed by atoms with van der Waals surface area (Å²) in [6.07, 6.45) is 0. The van der Waals surface area contributed by atoms with Gasteiger partial charge in [0.15, 0.2) is 12.4 Å². The molecule has 10 nitrogen and oxygen atoms in total. The Morgan fingerprint density at radius 1 is 1.17 bits per heavy atom. The lowest BCUT2D eigenvalue weighted by atomic mass is 10.1. The van der Waals surface area contributed by atoms with Gasteiger partial charge < -0.3 is 14.0 Å². The van der Waals surface area contributed by atoms with Crippen LogP contribution in [0.5, 0.6) is 5.75 Å². The molecule has 3 rings (SSSR count). The number of amides is 1. The molecule has 1 amide bonds. The van der Waals surface area contributed by atoms with E-state index in [4.69, 9.17) is 14.0 Å². The summed E-state index contributed by atoms with van der Waals surface area (Å²) < 4.78 is 14.8. The van der Waals surface area contributed by atoms with Crippen molar-refractivity contribution in [3.8, 4) is 17.0 Å². The molecule has 0 radical (unpaired) electrons. The number of aryl methyl sites for hydroxylation is 1. The zero-order chi connectivity index (χ0) is 21.7. The first-order valence-corrected chi connectivity index (χ1v) is 8.70. The largest absolute Gasteiger partial charge is 0.490 e. The van der Waals surface area contributed by atoms with Crippen molar-refractivity contribution >= 4 is 23.4 Å².